The van der Waals surface area contributed by atoms with Crippen molar-refractivity contribution in [2.75, 3.05) is 0 Å². The van der Waals surface area contributed by atoms with Gasteiger partial charge in [-0.3, -0.25) is 0 Å². The van der Waals surface area contributed by atoms with Crippen molar-refractivity contribution < 1.29 is 57.7 Å². The molecule has 1 aromatic carbocycles. The Balaban J connectivity index is 0. The molecule has 0 aliphatic heterocycles. The minimum Gasteiger partial charge on any atom is -1.00 e. The van der Waals surface area contributed by atoms with Gasteiger partial charge >= 0.3 is 176 Å². The van der Waals surface area contributed by atoms with Crippen LogP contribution in [0.25, 0.3) is 0 Å². The largest absolute Gasteiger partial charge is 1.00 e. The molecule has 162 valence electrons. The Labute approximate surface area is 212 Å². The molecule has 1 aliphatic rings. The van der Waals surface area contributed by atoms with Crippen LogP contribution in [0.4, 0.5) is 0 Å². The zero-order chi connectivity index (χ0) is 19.6. The van der Waals surface area contributed by atoms with Gasteiger partial charge in [0.25, 0.3) is 0 Å². The average Bonchev–Trinajstić information content (AvgIpc) is 2.98. The second-order valence-electron chi connectivity index (χ2n) is 8.50. The van der Waals surface area contributed by atoms with Crippen LogP contribution in [-0.4, -0.2) is 8.80 Å². The molecule has 0 aromatic heterocycles. The van der Waals surface area contributed by atoms with E-state index in [1.165, 1.54) is 48.4 Å². The topological polar surface area (TPSA) is 0 Å². The summed E-state index contributed by atoms with van der Waals surface area (Å²) in [4.78, 5) is 0. The molecule has 0 saturated carbocycles. The summed E-state index contributed by atoms with van der Waals surface area (Å²) in [6.45, 7) is 18.9. The first-order chi connectivity index (χ1) is 12.2. The summed E-state index contributed by atoms with van der Waals surface area (Å²) < 4.78 is 1.66. The van der Waals surface area contributed by atoms with Crippen molar-refractivity contribution >= 4 is 14.0 Å². The normalized spacial score (nSPS) is 14.2. The maximum atomic E-state index is 2.54. The van der Waals surface area contributed by atoms with E-state index in [-0.39, 0.29) is 37.2 Å². The van der Waals surface area contributed by atoms with Gasteiger partial charge in [0, 0.05) is 0 Å². The molecule has 0 radical (unpaired) electrons. The van der Waals surface area contributed by atoms with E-state index >= 15 is 0 Å². The molecule has 2 rings (SSSR count). The third-order valence-corrected chi connectivity index (χ3v) is 11.8. The molecule has 1 aliphatic carbocycles. The van der Waals surface area contributed by atoms with Crippen molar-refractivity contribution in [1.82, 2.24) is 0 Å². The van der Waals surface area contributed by atoms with Gasteiger partial charge in [0.2, 0.25) is 0 Å². The Morgan fingerprint density at radius 1 is 0.862 bits per heavy atom. The Hall–Kier alpha value is 0.501. The Bertz CT molecular complexity index is 722. The molecular weight excluding hydrogens is 471 g/mol. The predicted octanol–water partition coefficient (Wildman–Crippen LogP) is -2.81. The Morgan fingerprint density at radius 3 is 1.79 bits per heavy atom. The number of hydrogen-bond donors (Lipinski definition) is 0. The molecule has 1 atom stereocenters. The SMILES string of the molecule is CCCCC[SiH](C1=[C]([Ti+3])CC=C1C(C)C)c1c(C)c(C)c(C)c(C)c1C.[Cl-].[Cl-].[Cl-]. The zero-order valence-corrected chi connectivity index (χ0v) is 24.4. The first-order valence-electron chi connectivity index (χ1n) is 10.4. The first kappa shape index (κ1) is 31.7. The van der Waals surface area contributed by atoms with E-state index < -0.39 is 8.80 Å². The number of halogens is 3. The average molecular weight is 508 g/mol. The van der Waals surface area contributed by atoms with Gasteiger partial charge in [-0.25, -0.2) is 0 Å². The minimum absolute atomic E-state index is 0. The van der Waals surface area contributed by atoms with E-state index in [0.717, 1.165) is 0 Å². The maximum Gasteiger partial charge on any atom is -1.00 e. The molecule has 1 aromatic rings. The standard InChI is InChI=1S/C24H37Si.3ClH.Ti/c1-9-10-11-15-25(23-14-12-13-22(23)16(2)3)24-20(7)18(5)17(4)19(6)21(24)8;;;;/h13,16,25H,9-12,15H2,1-8H3;3*1H;/q;;;;+3/p-3. The van der Waals surface area contributed by atoms with E-state index in [2.05, 4.69) is 81.9 Å². The summed E-state index contributed by atoms with van der Waals surface area (Å²) in [5, 5.41) is 3.58. The van der Waals surface area contributed by atoms with Gasteiger partial charge in [0.15, 0.2) is 0 Å². The molecule has 0 N–H and O–H groups in total. The number of hydrogen-bond acceptors (Lipinski definition) is 0. The number of allylic oxidation sites excluding steroid dienone is 4. The second kappa shape index (κ2) is 13.8. The van der Waals surface area contributed by atoms with Crippen LogP contribution in [0.2, 0.25) is 6.04 Å². The van der Waals surface area contributed by atoms with Crippen molar-refractivity contribution in [3.63, 3.8) is 0 Å². The van der Waals surface area contributed by atoms with Crippen molar-refractivity contribution in [2.24, 2.45) is 5.92 Å². The van der Waals surface area contributed by atoms with Crippen molar-refractivity contribution in [3.8, 4) is 0 Å². The maximum absolute atomic E-state index is 2.54. The van der Waals surface area contributed by atoms with Crippen LogP contribution in [-0.2, 0) is 20.4 Å². The van der Waals surface area contributed by atoms with Crippen molar-refractivity contribution in [3.05, 3.63) is 48.5 Å². The molecule has 0 saturated heterocycles. The Morgan fingerprint density at radius 2 is 1.34 bits per heavy atom. The molecule has 0 heterocycles. The van der Waals surface area contributed by atoms with Gasteiger partial charge in [0.1, 0.15) is 0 Å². The van der Waals surface area contributed by atoms with E-state index in [0.29, 0.717) is 5.92 Å². The van der Waals surface area contributed by atoms with Crippen LogP contribution in [0.5, 0.6) is 0 Å². The zero-order valence-electron chi connectivity index (χ0n) is 19.4. The summed E-state index contributed by atoms with van der Waals surface area (Å²) >= 11 is 2.40. The van der Waals surface area contributed by atoms with Crippen LogP contribution in [0.1, 0.15) is 74.3 Å². The van der Waals surface area contributed by atoms with E-state index in [1.54, 1.807) is 25.8 Å². The number of rotatable bonds is 7. The van der Waals surface area contributed by atoms with Crippen LogP contribution < -0.4 is 42.4 Å². The van der Waals surface area contributed by atoms with Crippen molar-refractivity contribution in [2.45, 2.75) is 87.1 Å². The van der Waals surface area contributed by atoms with E-state index in [1.807, 2.05) is 5.20 Å². The van der Waals surface area contributed by atoms with Crippen molar-refractivity contribution in [1.29, 1.82) is 0 Å². The fraction of sp³-hybridized carbons (Fsp3) is 0.583. The molecule has 0 spiro atoms. The molecule has 29 heavy (non-hydrogen) atoms. The summed E-state index contributed by atoms with van der Waals surface area (Å²) in [6.07, 6.45) is 7.80. The molecular formula is C24H37Cl3SiTi. The van der Waals surface area contributed by atoms with Gasteiger partial charge in [-0.1, -0.05) is 0 Å². The summed E-state index contributed by atoms with van der Waals surface area (Å²) in [5.74, 6) is 0.650. The van der Waals surface area contributed by atoms with E-state index in [9.17, 15) is 0 Å². The summed E-state index contributed by atoms with van der Waals surface area (Å²) in [5.41, 5.74) is 9.42. The fourth-order valence-electron chi connectivity index (χ4n) is 4.65. The van der Waals surface area contributed by atoms with Crippen LogP contribution in [0, 0.1) is 40.5 Å². The van der Waals surface area contributed by atoms with Crippen LogP contribution >= 0.6 is 0 Å². The monoisotopic (exact) mass is 506 g/mol. The van der Waals surface area contributed by atoms with Gasteiger partial charge in [-0.15, -0.1) is 0 Å². The van der Waals surface area contributed by atoms with Crippen LogP contribution in [0.3, 0.4) is 0 Å². The minimum atomic E-state index is -1.19. The summed E-state index contributed by atoms with van der Waals surface area (Å²) in [6, 6.07) is 1.42. The first-order valence-corrected chi connectivity index (χ1v) is 13.2. The quantitative estimate of drug-likeness (QED) is 0.276. The summed E-state index contributed by atoms with van der Waals surface area (Å²) in [7, 11) is -1.19. The third kappa shape index (κ3) is 6.74. The van der Waals surface area contributed by atoms with Gasteiger partial charge < -0.3 is 37.2 Å². The molecule has 1 unspecified atom stereocenters. The van der Waals surface area contributed by atoms with Gasteiger partial charge in [-0.05, 0) is 0 Å². The smallest absolute Gasteiger partial charge is 1.00 e. The van der Waals surface area contributed by atoms with Crippen LogP contribution in [0.15, 0.2) is 20.7 Å². The number of unbranched alkanes of at least 4 members (excludes halogenated alkanes) is 2. The molecule has 0 nitrogen and oxygen atoms in total. The molecule has 5 heteroatoms. The Kier molecular flexibility index (Phi) is 15.1. The molecule has 0 amide bonds. The van der Waals surface area contributed by atoms with Gasteiger partial charge in [-0.2, -0.15) is 0 Å². The number of benzene rings is 1. The van der Waals surface area contributed by atoms with Gasteiger partial charge in [0.05, 0.1) is 0 Å². The molecule has 0 fully saturated rings. The fourth-order valence-corrected chi connectivity index (χ4v) is 10.3. The van der Waals surface area contributed by atoms with E-state index in [4.69, 9.17) is 0 Å². The predicted molar refractivity (Wildman–Crippen MR) is 116 cm³/mol. The third-order valence-electron chi connectivity index (χ3n) is 6.64. The molecule has 0 bridgehead atoms. The second-order valence-corrected chi connectivity index (χ2v) is 12.3.